The lowest BCUT2D eigenvalue weighted by molar-refractivity contribution is -0.131. The van der Waals surface area contributed by atoms with E-state index in [2.05, 4.69) is 11.6 Å². The van der Waals surface area contributed by atoms with Crippen LogP contribution in [-0.2, 0) is 9.53 Å². The number of ether oxygens (including phenoxy) is 1. The minimum Gasteiger partial charge on any atom is -0.478 e. The number of carboxylic acid groups (broad SMARTS) is 1. The monoisotopic (exact) mass is 300 g/mol. The summed E-state index contributed by atoms with van der Waals surface area (Å²) in [4.78, 5) is 33.6. The van der Waals surface area contributed by atoms with Gasteiger partial charge in [0.25, 0.3) is 5.56 Å². The Balaban J connectivity index is 0.000000383. The molecule has 0 saturated carbocycles. The first-order chi connectivity index (χ1) is 9.88. The average Bonchev–Trinajstić information content (AvgIpc) is 2.80. The van der Waals surface area contributed by atoms with Crippen LogP contribution in [0.1, 0.15) is 12.6 Å². The van der Waals surface area contributed by atoms with Crippen molar-refractivity contribution in [2.75, 3.05) is 6.61 Å². The molecule has 116 valence electrons. The predicted molar refractivity (Wildman–Crippen MR) is 70.8 cm³/mol. The van der Waals surface area contributed by atoms with E-state index in [0.29, 0.717) is 0 Å². The van der Waals surface area contributed by atoms with Gasteiger partial charge in [-0.1, -0.05) is 6.58 Å². The summed E-state index contributed by atoms with van der Waals surface area (Å²) in [6.45, 7) is 2.65. The van der Waals surface area contributed by atoms with Gasteiger partial charge in [0, 0.05) is 24.8 Å². The molecule has 0 amide bonds. The second-order valence-electron chi connectivity index (χ2n) is 4.17. The third-order valence-electron chi connectivity index (χ3n) is 2.72. The van der Waals surface area contributed by atoms with Gasteiger partial charge in [0.1, 0.15) is 12.3 Å². The number of H-pyrrole nitrogens is 1. The van der Waals surface area contributed by atoms with E-state index < -0.39 is 35.7 Å². The SMILES string of the molecule is C=CC(=O)O.O=c1ccn([C@H]2C[C@H](O)[C@@H](CO)O2)c(=O)[nH]1. The third kappa shape index (κ3) is 4.67. The topological polar surface area (TPSA) is 142 Å². The van der Waals surface area contributed by atoms with E-state index in [1.165, 1.54) is 16.8 Å². The molecule has 0 aliphatic carbocycles. The van der Waals surface area contributed by atoms with Crippen LogP contribution in [0.4, 0.5) is 0 Å². The molecule has 0 radical (unpaired) electrons. The van der Waals surface area contributed by atoms with Crippen molar-refractivity contribution in [3.63, 3.8) is 0 Å². The third-order valence-corrected chi connectivity index (χ3v) is 2.72. The number of carbonyl (C=O) groups is 1. The van der Waals surface area contributed by atoms with Gasteiger partial charge in [0.05, 0.1) is 12.7 Å². The molecule has 9 heteroatoms. The Morgan fingerprint density at radius 2 is 2.19 bits per heavy atom. The fourth-order valence-electron chi connectivity index (χ4n) is 1.70. The molecule has 1 aromatic rings. The minimum absolute atomic E-state index is 0.206. The molecule has 0 unspecified atom stereocenters. The largest absolute Gasteiger partial charge is 0.478 e. The predicted octanol–water partition coefficient (Wildman–Crippen LogP) is -1.57. The number of aromatic amines is 1. The number of nitrogens with one attached hydrogen (secondary N) is 1. The van der Waals surface area contributed by atoms with E-state index in [1.807, 2.05) is 0 Å². The fourth-order valence-corrected chi connectivity index (χ4v) is 1.70. The second-order valence-corrected chi connectivity index (χ2v) is 4.17. The summed E-state index contributed by atoms with van der Waals surface area (Å²) in [5.41, 5.74) is -1.08. The van der Waals surface area contributed by atoms with Crippen molar-refractivity contribution in [3.8, 4) is 0 Å². The van der Waals surface area contributed by atoms with E-state index in [0.717, 1.165) is 6.08 Å². The highest BCUT2D eigenvalue weighted by molar-refractivity contribution is 5.78. The molecule has 2 heterocycles. The molecule has 9 nitrogen and oxygen atoms in total. The molecule has 3 atom stereocenters. The molecule has 1 fully saturated rings. The van der Waals surface area contributed by atoms with Crippen LogP contribution in [0.25, 0.3) is 0 Å². The maximum atomic E-state index is 11.4. The van der Waals surface area contributed by atoms with Crippen LogP contribution in [0.2, 0.25) is 0 Å². The molecule has 0 bridgehead atoms. The summed E-state index contributed by atoms with van der Waals surface area (Å²) in [7, 11) is 0. The van der Waals surface area contributed by atoms with E-state index >= 15 is 0 Å². The number of aliphatic hydroxyl groups is 2. The molecule has 0 aromatic carbocycles. The van der Waals surface area contributed by atoms with Gasteiger partial charge in [-0.15, -0.1) is 0 Å². The van der Waals surface area contributed by atoms with Crippen molar-refractivity contribution in [1.29, 1.82) is 0 Å². The summed E-state index contributed by atoms with van der Waals surface area (Å²) in [5, 5.41) is 26.0. The van der Waals surface area contributed by atoms with Crippen LogP contribution >= 0.6 is 0 Å². The second kappa shape index (κ2) is 7.53. The van der Waals surface area contributed by atoms with E-state index in [9.17, 15) is 19.5 Å². The summed E-state index contributed by atoms with van der Waals surface area (Å²) < 4.78 is 6.45. The Hall–Kier alpha value is -2.23. The van der Waals surface area contributed by atoms with Crippen LogP contribution < -0.4 is 11.2 Å². The molecule has 1 aliphatic heterocycles. The van der Waals surface area contributed by atoms with Gasteiger partial charge >= 0.3 is 11.7 Å². The number of hydrogen-bond donors (Lipinski definition) is 4. The summed E-state index contributed by atoms with van der Waals surface area (Å²) in [5.74, 6) is -0.981. The molecule has 21 heavy (non-hydrogen) atoms. The lowest BCUT2D eigenvalue weighted by Crippen LogP contribution is -2.31. The number of nitrogens with zero attached hydrogens (tertiary/aromatic N) is 1. The molecule has 2 rings (SSSR count). The van der Waals surface area contributed by atoms with Crippen LogP contribution in [0.15, 0.2) is 34.5 Å². The van der Waals surface area contributed by atoms with Crippen LogP contribution in [0.5, 0.6) is 0 Å². The lowest BCUT2D eigenvalue weighted by Gasteiger charge is -2.13. The number of aliphatic hydroxyl groups excluding tert-OH is 2. The Morgan fingerprint density at radius 3 is 2.62 bits per heavy atom. The Kier molecular flexibility index (Phi) is 6.03. The average molecular weight is 300 g/mol. The van der Waals surface area contributed by atoms with Crippen molar-refractivity contribution < 1.29 is 24.9 Å². The highest BCUT2D eigenvalue weighted by atomic mass is 16.5. The van der Waals surface area contributed by atoms with E-state index in [-0.39, 0.29) is 13.0 Å². The van der Waals surface area contributed by atoms with Gasteiger partial charge in [0.2, 0.25) is 0 Å². The zero-order valence-corrected chi connectivity index (χ0v) is 11.0. The Bertz CT molecular complexity index is 606. The first-order valence-corrected chi connectivity index (χ1v) is 6.00. The van der Waals surface area contributed by atoms with Crippen molar-refractivity contribution in [1.82, 2.24) is 9.55 Å². The quantitative estimate of drug-likeness (QED) is 0.494. The number of aliphatic carboxylic acids is 1. The molecule has 1 saturated heterocycles. The van der Waals surface area contributed by atoms with Crippen LogP contribution in [-0.4, -0.2) is 49.7 Å². The van der Waals surface area contributed by atoms with Gasteiger partial charge < -0.3 is 20.1 Å². The van der Waals surface area contributed by atoms with Crippen molar-refractivity contribution in [2.45, 2.75) is 24.9 Å². The normalized spacial score (nSPS) is 24.0. The molecule has 1 aromatic heterocycles. The van der Waals surface area contributed by atoms with Crippen LogP contribution in [0.3, 0.4) is 0 Å². The van der Waals surface area contributed by atoms with Crippen LogP contribution in [0, 0.1) is 0 Å². The van der Waals surface area contributed by atoms with Gasteiger partial charge in [-0.25, -0.2) is 9.59 Å². The van der Waals surface area contributed by atoms with Gasteiger partial charge in [-0.2, -0.15) is 0 Å². The van der Waals surface area contributed by atoms with Crippen molar-refractivity contribution in [3.05, 3.63) is 45.8 Å². The number of carboxylic acids is 1. The summed E-state index contributed by atoms with van der Waals surface area (Å²) in [6, 6.07) is 1.20. The van der Waals surface area contributed by atoms with Gasteiger partial charge in [-0.05, 0) is 0 Å². The summed E-state index contributed by atoms with van der Waals surface area (Å²) in [6.07, 6.45) is 0.185. The zero-order valence-electron chi connectivity index (χ0n) is 11.0. The standard InChI is InChI=1S/C9H12N2O5.C3H4O2/c12-4-6-5(13)3-8(16-6)11-2-1-7(14)10-9(11)15;1-2-3(4)5/h1-2,5-6,8,12-13H,3-4H2,(H,10,14,15);2H,1H2,(H,4,5)/t5-,6+,8+;/m0./s1. The van der Waals surface area contributed by atoms with Gasteiger partial charge in [-0.3, -0.25) is 14.3 Å². The molecule has 4 N–H and O–H groups in total. The highest BCUT2D eigenvalue weighted by Crippen LogP contribution is 2.26. The van der Waals surface area contributed by atoms with E-state index in [4.69, 9.17) is 14.9 Å². The smallest absolute Gasteiger partial charge is 0.330 e. The first-order valence-electron chi connectivity index (χ1n) is 6.00. The Labute approximate surface area is 118 Å². The Morgan fingerprint density at radius 1 is 1.57 bits per heavy atom. The molecule has 1 aliphatic rings. The molecular formula is C12H16N2O7. The molecular weight excluding hydrogens is 284 g/mol. The van der Waals surface area contributed by atoms with E-state index in [1.54, 1.807) is 0 Å². The van der Waals surface area contributed by atoms with Gasteiger partial charge in [0.15, 0.2) is 0 Å². The maximum Gasteiger partial charge on any atom is 0.330 e. The number of hydrogen-bond acceptors (Lipinski definition) is 6. The van der Waals surface area contributed by atoms with Crippen molar-refractivity contribution in [2.24, 2.45) is 0 Å². The number of rotatable bonds is 3. The number of aromatic nitrogens is 2. The lowest BCUT2D eigenvalue weighted by atomic mass is 10.2. The fraction of sp³-hybridized carbons (Fsp3) is 0.417. The maximum absolute atomic E-state index is 11.4. The molecule has 0 spiro atoms. The zero-order chi connectivity index (χ0) is 16.0. The summed E-state index contributed by atoms with van der Waals surface area (Å²) >= 11 is 0. The highest BCUT2D eigenvalue weighted by Gasteiger charge is 2.34. The first kappa shape index (κ1) is 16.8. The minimum atomic E-state index is -0.981. The van der Waals surface area contributed by atoms with Crippen molar-refractivity contribution >= 4 is 5.97 Å².